The molecule has 0 aromatic carbocycles. The van der Waals surface area contributed by atoms with Crippen molar-refractivity contribution >= 4 is 17.9 Å². The summed E-state index contributed by atoms with van der Waals surface area (Å²) in [5, 5.41) is 19.7. The molecule has 0 aliphatic carbocycles. The maximum absolute atomic E-state index is 12.9. The fourth-order valence-corrected chi connectivity index (χ4v) is 9.42. The zero-order chi connectivity index (χ0) is 48.9. The minimum Gasteiger partial charge on any atom is -0.462 e. The summed E-state index contributed by atoms with van der Waals surface area (Å²) >= 11 is 0. The van der Waals surface area contributed by atoms with Crippen molar-refractivity contribution in [2.24, 2.45) is 11.8 Å². The molecule has 0 radical (unpaired) electrons. The molecule has 0 saturated heterocycles. The summed E-state index contributed by atoms with van der Waals surface area (Å²) in [5.74, 6) is -0.145. The van der Waals surface area contributed by atoms with Gasteiger partial charge < -0.3 is 24.4 Å². The smallest absolute Gasteiger partial charge is 0.306 e. The van der Waals surface area contributed by atoms with Crippen LogP contribution in [-0.4, -0.2) is 60.7 Å². The summed E-state index contributed by atoms with van der Waals surface area (Å²) in [6, 6.07) is 0. The van der Waals surface area contributed by atoms with Crippen LogP contribution in [0.5, 0.6) is 0 Å². The molecule has 2 N–H and O–H groups in total. The number of ether oxygens (including phenoxy) is 3. The predicted octanol–water partition coefficient (Wildman–Crippen LogP) is 17.2. The lowest BCUT2D eigenvalue weighted by Crippen LogP contribution is -2.30. The molecule has 8 nitrogen and oxygen atoms in total. The number of rotatable bonds is 55. The zero-order valence-corrected chi connectivity index (χ0v) is 44.9. The Morgan fingerprint density at radius 1 is 0.313 bits per heavy atom. The molecule has 0 spiro atoms. The molecule has 0 aliphatic heterocycles. The van der Waals surface area contributed by atoms with E-state index in [2.05, 4.69) is 20.8 Å². The largest absolute Gasteiger partial charge is 0.462 e. The number of unbranched alkanes of at least 4 members (excludes halogenated alkanes) is 34. The average Bonchev–Trinajstić information content (AvgIpc) is 3.33. The van der Waals surface area contributed by atoms with Gasteiger partial charge >= 0.3 is 17.9 Å². The number of carbonyl (C=O) groups excluding carboxylic acids is 3. The summed E-state index contributed by atoms with van der Waals surface area (Å²) < 4.78 is 16.9. The molecule has 3 unspecified atom stereocenters. The van der Waals surface area contributed by atoms with Crippen LogP contribution in [-0.2, 0) is 28.6 Å². The Kier molecular flexibility index (Phi) is 52.3. The Hall–Kier alpha value is -1.67. The number of hydrogen-bond acceptors (Lipinski definition) is 8. The predicted molar refractivity (Wildman–Crippen MR) is 282 cm³/mol. The lowest BCUT2D eigenvalue weighted by atomic mass is 9.95. The fourth-order valence-electron chi connectivity index (χ4n) is 9.42. The molecule has 0 bridgehead atoms. The molecule has 398 valence electrons. The number of hydrogen-bond donors (Lipinski definition) is 2. The summed E-state index contributed by atoms with van der Waals surface area (Å²) in [6.45, 7) is 7.12. The second kappa shape index (κ2) is 53.7. The molecule has 0 rings (SSSR count). The Balaban J connectivity index is 4.52. The molecule has 0 aromatic rings. The first kappa shape index (κ1) is 65.3. The molecule has 0 amide bonds. The maximum atomic E-state index is 12.9. The number of carbonyl (C=O) groups is 3. The van der Waals surface area contributed by atoms with Gasteiger partial charge in [0.25, 0.3) is 0 Å². The van der Waals surface area contributed by atoms with Crippen LogP contribution in [0.3, 0.4) is 0 Å². The number of aliphatic hydroxyl groups is 2. The standard InChI is InChI=1S/C59H114O8/c1-4-7-10-13-16-17-18-19-20-21-22-23-26-33-40-47-57(62)65-52-56(67-59(64)49-42-35-28-32-39-46-55(51-61)44-37-30-25-15-12-9-6-3)53-66-58(63)48-41-34-27-31-38-45-54(50-60)43-36-29-24-14-11-8-5-2/h54-56,60-61H,4-53H2,1-3H3. The van der Waals surface area contributed by atoms with Crippen LogP contribution in [0.1, 0.15) is 316 Å². The third-order valence-corrected chi connectivity index (χ3v) is 14.1. The van der Waals surface area contributed by atoms with Crippen LogP contribution >= 0.6 is 0 Å². The van der Waals surface area contributed by atoms with Gasteiger partial charge in [0.2, 0.25) is 0 Å². The van der Waals surface area contributed by atoms with Gasteiger partial charge in [-0.3, -0.25) is 14.4 Å². The van der Waals surface area contributed by atoms with Crippen LogP contribution < -0.4 is 0 Å². The van der Waals surface area contributed by atoms with E-state index in [9.17, 15) is 24.6 Å². The van der Waals surface area contributed by atoms with E-state index < -0.39 is 6.10 Å². The first-order valence-corrected chi connectivity index (χ1v) is 29.6. The second-order valence-electron chi connectivity index (χ2n) is 20.7. The molecule has 0 fully saturated rings. The van der Waals surface area contributed by atoms with E-state index in [4.69, 9.17) is 14.2 Å². The molecule has 0 aliphatic rings. The third-order valence-electron chi connectivity index (χ3n) is 14.1. The van der Waals surface area contributed by atoms with E-state index in [0.29, 0.717) is 24.7 Å². The van der Waals surface area contributed by atoms with E-state index in [0.717, 1.165) is 109 Å². The Morgan fingerprint density at radius 2 is 0.537 bits per heavy atom. The van der Waals surface area contributed by atoms with Gasteiger partial charge in [-0.2, -0.15) is 0 Å². The normalized spacial score (nSPS) is 12.9. The average molecular weight is 952 g/mol. The highest BCUT2D eigenvalue weighted by Gasteiger charge is 2.20. The summed E-state index contributed by atoms with van der Waals surface area (Å²) in [7, 11) is 0. The lowest BCUT2D eigenvalue weighted by Gasteiger charge is -2.18. The van der Waals surface area contributed by atoms with E-state index >= 15 is 0 Å². The molecular weight excluding hydrogens is 837 g/mol. The van der Waals surface area contributed by atoms with Crippen LogP contribution in [0.15, 0.2) is 0 Å². The highest BCUT2D eigenvalue weighted by atomic mass is 16.6. The first-order valence-electron chi connectivity index (χ1n) is 29.6. The molecule has 0 saturated carbocycles. The van der Waals surface area contributed by atoms with Crippen molar-refractivity contribution < 1.29 is 38.8 Å². The van der Waals surface area contributed by atoms with Crippen LogP contribution in [0.2, 0.25) is 0 Å². The third kappa shape index (κ3) is 49.1. The van der Waals surface area contributed by atoms with Crippen molar-refractivity contribution in [3.8, 4) is 0 Å². The second-order valence-corrected chi connectivity index (χ2v) is 20.7. The minimum atomic E-state index is -0.811. The van der Waals surface area contributed by atoms with Crippen molar-refractivity contribution in [2.75, 3.05) is 26.4 Å². The van der Waals surface area contributed by atoms with E-state index in [-0.39, 0.29) is 50.8 Å². The van der Waals surface area contributed by atoms with Gasteiger partial charge in [-0.15, -0.1) is 0 Å². The van der Waals surface area contributed by atoms with Crippen LogP contribution in [0, 0.1) is 11.8 Å². The van der Waals surface area contributed by atoms with Crippen molar-refractivity contribution in [1.82, 2.24) is 0 Å². The SMILES string of the molecule is CCCCCCCCCCCCCCCCCC(=O)OCC(COC(=O)CCCCCCCC(CO)CCCCCCCCC)OC(=O)CCCCCCCC(CO)CCCCCCCCC. The van der Waals surface area contributed by atoms with Gasteiger partial charge in [0, 0.05) is 32.5 Å². The van der Waals surface area contributed by atoms with E-state index in [1.165, 1.54) is 167 Å². The Labute approximate surface area is 415 Å². The number of aliphatic hydroxyl groups excluding tert-OH is 2. The minimum absolute atomic E-state index is 0.102. The monoisotopic (exact) mass is 951 g/mol. The van der Waals surface area contributed by atoms with Crippen molar-refractivity contribution in [2.45, 2.75) is 322 Å². The Morgan fingerprint density at radius 3 is 0.791 bits per heavy atom. The molecular formula is C59H114O8. The maximum Gasteiger partial charge on any atom is 0.306 e. The van der Waals surface area contributed by atoms with Gasteiger partial charge in [-0.25, -0.2) is 0 Å². The summed E-state index contributed by atoms with van der Waals surface area (Å²) in [5.41, 5.74) is 0. The number of esters is 3. The van der Waals surface area contributed by atoms with Crippen LogP contribution in [0.25, 0.3) is 0 Å². The van der Waals surface area contributed by atoms with Gasteiger partial charge in [0.1, 0.15) is 13.2 Å². The molecule has 0 heterocycles. The van der Waals surface area contributed by atoms with E-state index in [1.54, 1.807) is 0 Å². The highest BCUT2D eigenvalue weighted by Crippen LogP contribution is 2.21. The first-order chi connectivity index (χ1) is 32.9. The highest BCUT2D eigenvalue weighted by molar-refractivity contribution is 5.71. The Bertz CT molecular complexity index is 1030. The fraction of sp³-hybridized carbons (Fsp3) is 0.949. The van der Waals surface area contributed by atoms with Crippen molar-refractivity contribution in [3.05, 3.63) is 0 Å². The van der Waals surface area contributed by atoms with Crippen molar-refractivity contribution in [1.29, 1.82) is 0 Å². The van der Waals surface area contributed by atoms with Gasteiger partial charge in [-0.1, -0.05) is 252 Å². The van der Waals surface area contributed by atoms with Crippen molar-refractivity contribution in [3.63, 3.8) is 0 Å². The quantitative estimate of drug-likeness (QED) is 0.0351. The van der Waals surface area contributed by atoms with E-state index in [1.807, 2.05) is 0 Å². The lowest BCUT2D eigenvalue weighted by molar-refractivity contribution is -0.167. The van der Waals surface area contributed by atoms with Crippen LogP contribution in [0.4, 0.5) is 0 Å². The van der Waals surface area contributed by atoms with Gasteiger partial charge in [-0.05, 0) is 56.8 Å². The summed E-state index contributed by atoms with van der Waals surface area (Å²) in [6.07, 6.45) is 51.6. The molecule has 8 heteroatoms. The molecule has 3 atom stereocenters. The molecule has 0 aromatic heterocycles. The van der Waals surface area contributed by atoms with Gasteiger partial charge in [0.05, 0.1) is 0 Å². The zero-order valence-electron chi connectivity index (χ0n) is 44.9. The summed E-state index contributed by atoms with van der Waals surface area (Å²) in [4.78, 5) is 38.3. The topological polar surface area (TPSA) is 119 Å². The molecule has 67 heavy (non-hydrogen) atoms. The van der Waals surface area contributed by atoms with Gasteiger partial charge in [0.15, 0.2) is 6.10 Å².